The van der Waals surface area contributed by atoms with Gasteiger partial charge in [0.05, 0.1) is 5.69 Å². The molecule has 0 saturated heterocycles. The maximum absolute atomic E-state index is 6.17. The van der Waals surface area contributed by atoms with Gasteiger partial charge in [-0.2, -0.15) is 0 Å². The summed E-state index contributed by atoms with van der Waals surface area (Å²) >= 11 is 0. The van der Waals surface area contributed by atoms with E-state index in [9.17, 15) is 0 Å². The summed E-state index contributed by atoms with van der Waals surface area (Å²) in [7, 11) is 3.81. The lowest BCUT2D eigenvalue weighted by Gasteiger charge is -2.19. The molecule has 2 aromatic heterocycles. The van der Waals surface area contributed by atoms with E-state index in [1.807, 2.05) is 18.2 Å². The molecule has 0 aromatic carbocycles. The van der Waals surface area contributed by atoms with E-state index in [1.54, 1.807) is 7.11 Å². The zero-order valence-corrected chi connectivity index (χ0v) is 13.2. The highest BCUT2D eigenvalue weighted by atomic mass is 16.5. The Labute approximate surface area is 126 Å². The lowest BCUT2D eigenvalue weighted by atomic mass is 10.1. The zero-order chi connectivity index (χ0) is 15.2. The fourth-order valence-corrected chi connectivity index (χ4v) is 2.47. The van der Waals surface area contributed by atoms with Gasteiger partial charge in [-0.3, -0.25) is 0 Å². The molecule has 1 unspecified atom stereocenters. The van der Waals surface area contributed by atoms with Crippen LogP contribution in [0.5, 0.6) is 0 Å². The molecule has 5 heteroatoms. The highest BCUT2D eigenvalue weighted by Crippen LogP contribution is 2.22. The normalized spacial score (nSPS) is 12.8. The molecule has 21 heavy (non-hydrogen) atoms. The number of methoxy groups -OCH3 is 1. The van der Waals surface area contributed by atoms with Crippen LogP contribution in [0.25, 0.3) is 5.65 Å². The molecule has 0 aliphatic rings. The molecular weight excluding hydrogens is 264 g/mol. The molecule has 0 aliphatic carbocycles. The second-order valence-corrected chi connectivity index (χ2v) is 5.45. The first-order chi connectivity index (χ1) is 10.2. The minimum absolute atomic E-state index is 0.163. The topological polar surface area (TPSA) is 55.8 Å². The van der Waals surface area contributed by atoms with Gasteiger partial charge in [-0.15, -0.1) is 0 Å². The monoisotopic (exact) mass is 290 g/mol. The minimum Gasteiger partial charge on any atom is -0.385 e. The number of ether oxygens (including phenoxy) is 1. The number of nitrogens with two attached hydrogens (primary N) is 1. The van der Waals surface area contributed by atoms with Crippen LogP contribution in [0.15, 0.2) is 24.4 Å². The number of imidazole rings is 1. The number of aromatic nitrogens is 2. The molecule has 2 rings (SSSR count). The Hall–Kier alpha value is -1.59. The fourth-order valence-electron chi connectivity index (χ4n) is 2.47. The summed E-state index contributed by atoms with van der Waals surface area (Å²) in [5.74, 6) is 1.03. The first-order valence-corrected chi connectivity index (χ1v) is 7.59. The van der Waals surface area contributed by atoms with Crippen molar-refractivity contribution in [1.29, 1.82) is 0 Å². The first kappa shape index (κ1) is 15.8. The van der Waals surface area contributed by atoms with Gasteiger partial charge in [0.15, 0.2) is 5.82 Å². The van der Waals surface area contributed by atoms with Crippen molar-refractivity contribution < 1.29 is 4.74 Å². The van der Waals surface area contributed by atoms with E-state index in [0.29, 0.717) is 0 Å². The molecule has 0 fully saturated rings. The number of fused-ring (bicyclic) bond motifs is 1. The van der Waals surface area contributed by atoms with E-state index in [2.05, 4.69) is 29.5 Å². The molecule has 2 aromatic rings. The van der Waals surface area contributed by atoms with E-state index in [-0.39, 0.29) is 6.04 Å². The molecule has 116 valence electrons. The predicted molar refractivity (Wildman–Crippen MR) is 86.9 cm³/mol. The molecular formula is C16H26N4O. The van der Waals surface area contributed by atoms with Gasteiger partial charge < -0.3 is 19.8 Å². The first-order valence-electron chi connectivity index (χ1n) is 7.59. The third-order valence-corrected chi connectivity index (χ3v) is 3.79. The molecule has 5 nitrogen and oxygen atoms in total. The minimum atomic E-state index is 0.163. The molecule has 0 radical (unpaired) electrons. The van der Waals surface area contributed by atoms with Crippen molar-refractivity contribution in [3.8, 4) is 0 Å². The van der Waals surface area contributed by atoms with Gasteiger partial charge in [-0.05, 0) is 25.0 Å². The van der Waals surface area contributed by atoms with Crippen molar-refractivity contribution in [2.24, 2.45) is 5.73 Å². The van der Waals surface area contributed by atoms with Gasteiger partial charge in [0, 0.05) is 46.0 Å². The average Bonchev–Trinajstić information content (AvgIpc) is 2.86. The number of nitrogens with zero attached hydrogens (tertiary/aromatic N) is 3. The summed E-state index contributed by atoms with van der Waals surface area (Å²) in [6, 6.07) is 6.24. The van der Waals surface area contributed by atoms with Gasteiger partial charge >= 0.3 is 0 Å². The van der Waals surface area contributed by atoms with E-state index in [0.717, 1.165) is 43.9 Å². The Morgan fingerprint density at radius 3 is 2.95 bits per heavy atom. The summed E-state index contributed by atoms with van der Waals surface area (Å²) in [6.45, 7) is 3.81. The van der Waals surface area contributed by atoms with Crippen LogP contribution in [0.2, 0.25) is 0 Å². The van der Waals surface area contributed by atoms with Crippen molar-refractivity contribution in [2.45, 2.75) is 32.2 Å². The van der Waals surface area contributed by atoms with Crippen molar-refractivity contribution in [1.82, 2.24) is 9.38 Å². The molecule has 0 saturated carbocycles. The summed E-state index contributed by atoms with van der Waals surface area (Å²) in [4.78, 5) is 6.97. The van der Waals surface area contributed by atoms with Gasteiger partial charge in [0.25, 0.3) is 0 Å². The lowest BCUT2D eigenvalue weighted by Crippen LogP contribution is -2.26. The van der Waals surface area contributed by atoms with Crippen LogP contribution in [0, 0.1) is 0 Å². The lowest BCUT2D eigenvalue weighted by molar-refractivity contribution is 0.196. The Morgan fingerprint density at radius 1 is 1.43 bits per heavy atom. The van der Waals surface area contributed by atoms with E-state index in [1.165, 1.54) is 5.69 Å². The summed E-state index contributed by atoms with van der Waals surface area (Å²) in [6.07, 6.45) is 4.85. The average molecular weight is 290 g/mol. The molecule has 0 spiro atoms. The van der Waals surface area contributed by atoms with Gasteiger partial charge in [-0.1, -0.05) is 13.0 Å². The number of hydrogen-bond acceptors (Lipinski definition) is 4. The maximum Gasteiger partial charge on any atom is 0.150 e. The van der Waals surface area contributed by atoms with Gasteiger partial charge in [0.2, 0.25) is 0 Å². The van der Waals surface area contributed by atoms with E-state index in [4.69, 9.17) is 15.5 Å². The van der Waals surface area contributed by atoms with Crippen LogP contribution < -0.4 is 10.6 Å². The SMILES string of the molecule is CCC(N)Cc1c(N(C)CCCOC)nc2ccccn12. The van der Waals surface area contributed by atoms with Gasteiger partial charge in [0.1, 0.15) is 5.65 Å². The Bertz CT molecular complexity index is 566. The number of rotatable bonds is 8. The van der Waals surface area contributed by atoms with Crippen LogP contribution in [-0.4, -0.2) is 42.7 Å². The van der Waals surface area contributed by atoms with Crippen LogP contribution in [0.1, 0.15) is 25.5 Å². The molecule has 0 amide bonds. The Kier molecular flexibility index (Phi) is 5.59. The standard InChI is InChI=1S/C16H26N4O/c1-4-13(17)12-14-16(19(2)9-7-11-21-3)18-15-8-5-6-10-20(14)15/h5-6,8,10,13H,4,7,9,11-12,17H2,1-3H3. The van der Waals surface area contributed by atoms with Crippen LogP contribution in [0.4, 0.5) is 5.82 Å². The molecule has 2 heterocycles. The quantitative estimate of drug-likeness (QED) is 0.756. The number of pyridine rings is 1. The van der Waals surface area contributed by atoms with Crippen molar-refractivity contribution in [2.75, 3.05) is 32.2 Å². The molecule has 1 atom stereocenters. The van der Waals surface area contributed by atoms with Gasteiger partial charge in [-0.25, -0.2) is 4.98 Å². The van der Waals surface area contributed by atoms with Crippen molar-refractivity contribution in [3.63, 3.8) is 0 Å². The summed E-state index contributed by atoms with van der Waals surface area (Å²) < 4.78 is 7.28. The maximum atomic E-state index is 6.17. The molecule has 2 N–H and O–H groups in total. The highest BCUT2D eigenvalue weighted by molar-refractivity contribution is 5.55. The zero-order valence-electron chi connectivity index (χ0n) is 13.2. The molecule has 0 bridgehead atoms. The summed E-state index contributed by atoms with van der Waals surface area (Å²) in [5.41, 5.74) is 8.34. The third-order valence-electron chi connectivity index (χ3n) is 3.79. The summed E-state index contributed by atoms with van der Waals surface area (Å²) in [5, 5.41) is 0. The second-order valence-electron chi connectivity index (χ2n) is 5.45. The van der Waals surface area contributed by atoms with E-state index >= 15 is 0 Å². The van der Waals surface area contributed by atoms with Crippen LogP contribution in [0.3, 0.4) is 0 Å². The second kappa shape index (κ2) is 7.43. The van der Waals surface area contributed by atoms with E-state index < -0.39 is 0 Å². The number of hydrogen-bond donors (Lipinski definition) is 1. The van der Waals surface area contributed by atoms with Crippen molar-refractivity contribution in [3.05, 3.63) is 30.1 Å². The Morgan fingerprint density at radius 2 is 2.24 bits per heavy atom. The van der Waals surface area contributed by atoms with Crippen LogP contribution >= 0.6 is 0 Å². The van der Waals surface area contributed by atoms with Crippen molar-refractivity contribution >= 4 is 11.5 Å². The largest absolute Gasteiger partial charge is 0.385 e. The third kappa shape index (κ3) is 3.74. The number of anilines is 1. The fraction of sp³-hybridized carbons (Fsp3) is 0.562. The Balaban J connectivity index is 2.29. The highest BCUT2D eigenvalue weighted by Gasteiger charge is 2.17. The smallest absolute Gasteiger partial charge is 0.150 e. The predicted octanol–water partition coefficient (Wildman–Crippen LogP) is 2.09. The molecule has 0 aliphatic heterocycles. The van der Waals surface area contributed by atoms with Crippen LogP contribution in [-0.2, 0) is 11.2 Å².